The summed E-state index contributed by atoms with van der Waals surface area (Å²) in [5.41, 5.74) is 9.99. The van der Waals surface area contributed by atoms with Gasteiger partial charge in [-0.1, -0.05) is 24.3 Å². The van der Waals surface area contributed by atoms with E-state index in [0.29, 0.717) is 48.8 Å². The highest BCUT2D eigenvalue weighted by atomic mass is 19.1. The fourth-order valence-corrected chi connectivity index (χ4v) is 4.92. The predicted octanol–water partition coefficient (Wildman–Crippen LogP) is 4.65. The van der Waals surface area contributed by atoms with Crippen LogP contribution in [0.15, 0.2) is 59.6 Å². The van der Waals surface area contributed by atoms with Crippen LogP contribution in [0.2, 0.25) is 0 Å². The van der Waals surface area contributed by atoms with Crippen LogP contribution in [0.5, 0.6) is 11.5 Å². The highest BCUT2D eigenvalue weighted by molar-refractivity contribution is 5.77. The van der Waals surface area contributed by atoms with Gasteiger partial charge in [-0.3, -0.25) is 0 Å². The topological polar surface area (TPSA) is 103 Å². The minimum absolute atomic E-state index is 0.0333. The van der Waals surface area contributed by atoms with Gasteiger partial charge in [-0.25, -0.2) is 9.98 Å². The number of halogens is 1. The van der Waals surface area contributed by atoms with Gasteiger partial charge in [-0.15, -0.1) is 0 Å². The van der Waals surface area contributed by atoms with E-state index in [0.717, 1.165) is 28.7 Å². The van der Waals surface area contributed by atoms with Crippen LogP contribution in [0, 0.1) is 17.3 Å². The van der Waals surface area contributed by atoms with Crippen molar-refractivity contribution < 1.29 is 18.6 Å². The first-order chi connectivity index (χ1) is 17.1. The highest BCUT2D eigenvalue weighted by Crippen LogP contribution is 2.53. The quantitative estimate of drug-likeness (QED) is 0.550. The number of nitriles is 1. The molecule has 174 valence electrons. The Hall–Kier alpha value is -4.22. The van der Waals surface area contributed by atoms with Crippen LogP contribution in [-0.2, 0) is 15.0 Å². The van der Waals surface area contributed by atoms with Crippen LogP contribution in [0.4, 0.5) is 4.39 Å². The van der Waals surface area contributed by atoms with E-state index in [4.69, 9.17) is 24.9 Å². The standard InChI is InChI=1S/C27H21FN4O3/c28-25-24-21(13-22(31-25)19-5-2-9-33-15-19)27(8-10-34-26(30)32-27)20-12-18(6-7-23(20)35-24)17-4-1-3-16(11-17)14-29/h1,3-7,11-13H,2,8-10,15H2,(H2,30,32)/t27-/m0/s1. The van der Waals surface area contributed by atoms with Crippen LogP contribution >= 0.6 is 0 Å². The molecule has 0 unspecified atom stereocenters. The largest absolute Gasteiger partial charge is 0.465 e. The number of hydrogen-bond donors (Lipinski definition) is 1. The number of amidine groups is 1. The van der Waals surface area contributed by atoms with E-state index in [1.165, 1.54) is 0 Å². The molecular formula is C27H21FN4O3. The number of nitrogens with zero attached hydrogens (tertiary/aromatic N) is 3. The second-order valence-electron chi connectivity index (χ2n) is 8.66. The number of aromatic nitrogens is 1. The maximum absolute atomic E-state index is 15.4. The molecule has 2 aromatic carbocycles. The van der Waals surface area contributed by atoms with E-state index in [-0.39, 0.29) is 11.8 Å². The van der Waals surface area contributed by atoms with Gasteiger partial charge in [0, 0.05) is 17.5 Å². The molecule has 0 aliphatic carbocycles. The molecule has 0 radical (unpaired) electrons. The second-order valence-corrected chi connectivity index (χ2v) is 8.66. The number of pyridine rings is 1. The van der Waals surface area contributed by atoms with Crippen LogP contribution in [0.1, 0.15) is 35.2 Å². The minimum Gasteiger partial charge on any atom is -0.465 e. The van der Waals surface area contributed by atoms with Crippen molar-refractivity contribution in [3.8, 4) is 28.7 Å². The van der Waals surface area contributed by atoms with Crippen LogP contribution in [0.25, 0.3) is 16.7 Å². The number of nitrogens with two attached hydrogens (primary N) is 1. The smallest absolute Gasteiger partial charge is 0.283 e. The molecule has 6 rings (SSSR count). The Balaban J connectivity index is 1.57. The van der Waals surface area contributed by atoms with Gasteiger partial charge < -0.3 is 19.9 Å². The zero-order valence-electron chi connectivity index (χ0n) is 18.8. The third kappa shape index (κ3) is 3.52. The first-order valence-electron chi connectivity index (χ1n) is 11.4. The summed E-state index contributed by atoms with van der Waals surface area (Å²) in [6.45, 7) is 1.31. The van der Waals surface area contributed by atoms with Gasteiger partial charge in [-0.2, -0.15) is 9.65 Å². The van der Waals surface area contributed by atoms with Crippen molar-refractivity contribution >= 4 is 11.6 Å². The van der Waals surface area contributed by atoms with Crippen molar-refractivity contribution in [2.24, 2.45) is 10.7 Å². The first kappa shape index (κ1) is 21.3. The van der Waals surface area contributed by atoms with Crippen LogP contribution in [-0.4, -0.2) is 30.8 Å². The summed E-state index contributed by atoms with van der Waals surface area (Å²) in [6.07, 6.45) is 3.20. The van der Waals surface area contributed by atoms with Gasteiger partial charge in [0.25, 0.3) is 12.0 Å². The SMILES string of the molecule is N#Cc1cccc(-c2ccc3c(c2)[C@@]2(CCOC(N)=N2)c2cc(C4=CCCOC4)nc(F)c2O3)c1. The van der Waals surface area contributed by atoms with Crippen molar-refractivity contribution in [1.82, 2.24) is 4.98 Å². The van der Waals surface area contributed by atoms with Gasteiger partial charge >= 0.3 is 0 Å². The lowest BCUT2D eigenvalue weighted by Gasteiger charge is -2.39. The van der Waals surface area contributed by atoms with Gasteiger partial charge in [0.2, 0.25) is 0 Å². The van der Waals surface area contributed by atoms with E-state index in [1.54, 1.807) is 12.1 Å². The molecule has 0 saturated carbocycles. The first-order valence-corrected chi connectivity index (χ1v) is 11.4. The Morgan fingerprint density at radius 2 is 1.94 bits per heavy atom. The Kier molecular flexibility index (Phi) is 5.01. The monoisotopic (exact) mass is 468 g/mol. The number of hydrogen-bond acceptors (Lipinski definition) is 7. The van der Waals surface area contributed by atoms with Gasteiger partial charge in [0.15, 0.2) is 5.75 Å². The maximum atomic E-state index is 15.4. The zero-order chi connectivity index (χ0) is 24.0. The molecule has 3 aliphatic rings. The van der Waals surface area contributed by atoms with Crippen LogP contribution in [0.3, 0.4) is 0 Å². The lowest BCUT2D eigenvalue weighted by atomic mass is 9.77. The summed E-state index contributed by atoms with van der Waals surface area (Å²) >= 11 is 0. The van der Waals surface area contributed by atoms with E-state index < -0.39 is 11.5 Å². The number of fused-ring (bicyclic) bond motifs is 4. The Morgan fingerprint density at radius 3 is 2.74 bits per heavy atom. The van der Waals surface area contributed by atoms with Crippen molar-refractivity contribution in [1.29, 1.82) is 5.26 Å². The summed E-state index contributed by atoms with van der Waals surface area (Å²) in [5, 5.41) is 9.33. The van der Waals surface area contributed by atoms with E-state index in [1.807, 2.05) is 42.5 Å². The molecule has 3 aliphatic heterocycles. The molecule has 8 heteroatoms. The van der Waals surface area contributed by atoms with Gasteiger partial charge in [0.05, 0.1) is 37.1 Å². The predicted molar refractivity (Wildman–Crippen MR) is 127 cm³/mol. The lowest BCUT2D eigenvalue weighted by molar-refractivity contribution is 0.164. The summed E-state index contributed by atoms with van der Waals surface area (Å²) in [6, 6.07) is 17.0. The molecule has 0 saturated heterocycles. The molecule has 1 aromatic heterocycles. The van der Waals surface area contributed by atoms with E-state index >= 15 is 4.39 Å². The summed E-state index contributed by atoms with van der Waals surface area (Å²) in [7, 11) is 0. The van der Waals surface area contributed by atoms with Gasteiger partial charge in [-0.05, 0) is 53.5 Å². The average molecular weight is 468 g/mol. The van der Waals surface area contributed by atoms with E-state index in [2.05, 4.69) is 11.1 Å². The normalized spacial score (nSPS) is 20.5. The average Bonchev–Trinajstić information content (AvgIpc) is 2.90. The fourth-order valence-electron chi connectivity index (χ4n) is 4.92. The van der Waals surface area contributed by atoms with Crippen LogP contribution < -0.4 is 10.5 Å². The van der Waals surface area contributed by atoms with Gasteiger partial charge in [0.1, 0.15) is 11.3 Å². The van der Waals surface area contributed by atoms with Crippen molar-refractivity contribution in [3.05, 3.63) is 82.9 Å². The molecule has 1 atom stereocenters. The number of benzene rings is 2. The molecule has 1 spiro atoms. The lowest BCUT2D eigenvalue weighted by Crippen LogP contribution is -2.39. The molecule has 0 fully saturated rings. The maximum Gasteiger partial charge on any atom is 0.283 e. The molecule has 0 amide bonds. The summed E-state index contributed by atoms with van der Waals surface area (Å²) < 4.78 is 32.5. The molecule has 7 nitrogen and oxygen atoms in total. The molecule has 4 heterocycles. The second kappa shape index (κ2) is 8.22. The molecule has 2 N–H and O–H groups in total. The Bertz CT molecular complexity index is 1460. The summed E-state index contributed by atoms with van der Waals surface area (Å²) in [5.74, 6) is -0.193. The molecule has 0 bridgehead atoms. The number of ether oxygens (including phenoxy) is 3. The molecule has 3 aromatic rings. The van der Waals surface area contributed by atoms with E-state index in [9.17, 15) is 5.26 Å². The van der Waals surface area contributed by atoms with Crippen molar-refractivity contribution in [3.63, 3.8) is 0 Å². The van der Waals surface area contributed by atoms with Crippen molar-refractivity contribution in [2.45, 2.75) is 18.4 Å². The Morgan fingerprint density at radius 1 is 1.06 bits per heavy atom. The van der Waals surface area contributed by atoms with Crippen molar-refractivity contribution in [2.75, 3.05) is 19.8 Å². The molecule has 35 heavy (non-hydrogen) atoms. The summed E-state index contributed by atoms with van der Waals surface area (Å²) in [4.78, 5) is 8.93. The number of rotatable bonds is 2. The number of aliphatic imine (C=N–C) groups is 1. The molecular weight excluding hydrogens is 447 g/mol. The minimum atomic E-state index is -1.01. The highest BCUT2D eigenvalue weighted by Gasteiger charge is 2.46. The third-order valence-electron chi connectivity index (χ3n) is 6.59. The Labute approximate surface area is 201 Å². The zero-order valence-corrected chi connectivity index (χ0v) is 18.8. The fraction of sp³-hybridized carbons (Fsp3) is 0.222. The third-order valence-corrected chi connectivity index (χ3v) is 6.59.